The number of ether oxygens (including phenoxy) is 3. The fraction of sp³-hybridized carbons (Fsp3) is 0.632. The monoisotopic (exact) mass is 348 g/mol. The minimum absolute atomic E-state index is 0.0573. The molecule has 2 fully saturated rings. The van der Waals surface area contributed by atoms with E-state index in [-0.39, 0.29) is 12.0 Å². The number of nitrogens with zero attached hydrogens (tertiary/aromatic N) is 1. The zero-order chi connectivity index (χ0) is 17.6. The van der Waals surface area contributed by atoms with Crippen LogP contribution in [0.1, 0.15) is 24.8 Å². The average molecular weight is 348 g/mol. The molecular formula is C19H28N2O4. The smallest absolute Gasteiger partial charge is 0.220 e. The quantitative estimate of drug-likeness (QED) is 0.811. The van der Waals surface area contributed by atoms with E-state index in [1.54, 1.807) is 14.2 Å². The van der Waals surface area contributed by atoms with Crippen LogP contribution in [0, 0.1) is 0 Å². The largest absolute Gasteiger partial charge is 0.493 e. The molecule has 2 aliphatic heterocycles. The van der Waals surface area contributed by atoms with E-state index in [4.69, 9.17) is 14.2 Å². The molecule has 0 radical (unpaired) electrons. The fourth-order valence-electron chi connectivity index (χ4n) is 3.62. The summed E-state index contributed by atoms with van der Waals surface area (Å²) in [5.41, 5.74) is 1.06. The molecule has 3 rings (SSSR count). The summed E-state index contributed by atoms with van der Waals surface area (Å²) in [4.78, 5) is 14.6. The topological polar surface area (TPSA) is 60.0 Å². The number of aryl methyl sites for hydroxylation is 1. The van der Waals surface area contributed by atoms with E-state index in [1.807, 2.05) is 18.2 Å². The van der Waals surface area contributed by atoms with E-state index in [0.29, 0.717) is 36.9 Å². The Hall–Kier alpha value is -1.79. The van der Waals surface area contributed by atoms with Crippen LogP contribution in [0.2, 0.25) is 0 Å². The lowest BCUT2D eigenvalue weighted by Gasteiger charge is -2.35. The summed E-state index contributed by atoms with van der Waals surface area (Å²) in [7, 11) is 3.23. The molecule has 0 unspecified atom stereocenters. The second kappa shape index (κ2) is 8.54. The van der Waals surface area contributed by atoms with Crippen molar-refractivity contribution >= 4 is 5.91 Å². The van der Waals surface area contributed by atoms with Gasteiger partial charge in [0.15, 0.2) is 11.5 Å². The Balaban J connectivity index is 1.41. The summed E-state index contributed by atoms with van der Waals surface area (Å²) in [6, 6.07) is 6.35. The van der Waals surface area contributed by atoms with E-state index in [9.17, 15) is 4.79 Å². The van der Waals surface area contributed by atoms with Gasteiger partial charge in [0, 0.05) is 25.6 Å². The minimum atomic E-state index is 0.0573. The first-order valence-corrected chi connectivity index (χ1v) is 9.03. The molecule has 25 heavy (non-hydrogen) atoms. The molecule has 6 heteroatoms. The zero-order valence-electron chi connectivity index (χ0n) is 15.1. The van der Waals surface area contributed by atoms with Crippen LogP contribution in [0.5, 0.6) is 11.5 Å². The van der Waals surface area contributed by atoms with Gasteiger partial charge in [0.2, 0.25) is 5.91 Å². The Labute approximate surface area is 149 Å². The lowest BCUT2D eigenvalue weighted by Crippen LogP contribution is -2.50. The van der Waals surface area contributed by atoms with Gasteiger partial charge in [-0.3, -0.25) is 9.69 Å². The first kappa shape index (κ1) is 18.0. The number of hydrogen-bond acceptors (Lipinski definition) is 5. The Kier molecular flexibility index (Phi) is 6.15. The number of rotatable bonds is 7. The summed E-state index contributed by atoms with van der Waals surface area (Å²) < 4.78 is 16.4. The molecule has 138 valence electrons. The van der Waals surface area contributed by atoms with Crippen molar-refractivity contribution in [2.45, 2.75) is 37.8 Å². The first-order chi connectivity index (χ1) is 12.2. The molecular weight excluding hydrogens is 320 g/mol. The number of methoxy groups -OCH3 is 2. The Morgan fingerprint density at radius 3 is 2.96 bits per heavy atom. The molecule has 0 aliphatic carbocycles. The highest BCUT2D eigenvalue weighted by Crippen LogP contribution is 2.28. The number of hydrogen-bond donors (Lipinski definition) is 1. The molecule has 0 spiro atoms. The molecule has 2 saturated heterocycles. The number of carbonyl (C=O) groups is 1. The Morgan fingerprint density at radius 1 is 1.32 bits per heavy atom. The number of carbonyl (C=O) groups excluding carboxylic acids is 1. The van der Waals surface area contributed by atoms with Crippen LogP contribution >= 0.6 is 0 Å². The van der Waals surface area contributed by atoms with Crippen LogP contribution in [0.25, 0.3) is 0 Å². The van der Waals surface area contributed by atoms with Gasteiger partial charge >= 0.3 is 0 Å². The van der Waals surface area contributed by atoms with E-state index < -0.39 is 0 Å². The number of amides is 1. The van der Waals surface area contributed by atoms with Crippen molar-refractivity contribution in [2.24, 2.45) is 0 Å². The predicted molar refractivity (Wildman–Crippen MR) is 95.2 cm³/mol. The summed E-state index contributed by atoms with van der Waals surface area (Å²) in [5, 5.41) is 3.01. The number of benzene rings is 1. The van der Waals surface area contributed by atoms with E-state index in [2.05, 4.69) is 10.2 Å². The molecule has 2 aliphatic rings. The van der Waals surface area contributed by atoms with Gasteiger partial charge in [0.05, 0.1) is 26.9 Å². The molecule has 1 aromatic carbocycles. The third-order valence-corrected chi connectivity index (χ3v) is 5.08. The van der Waals surface area contributed by atoms with Gasteiger partial charge < -0.3 is 19.5 Å². The van der Waals surface area contributed by atoms with Crippen LogP contribution < -0.4 is 14.8 Å². The highest BCUT2D eigenvalue weighted by Gasteiger charge is 2.32. The van der Waals surface area contributed by atoms with Gasteiger partial charge in [0.1, 0.15) is 0 Å². The first-order valence-electron chi connectivity index (χ1n) is 9.03. The summed E-state index contributed by atoms with van der Waals surface area (Å²) in [5.74, 6) is 1.45. The van der Waals surface area contributed by atoms with Crippen molar-refractivity contribution in [3.05, 3.63) is 23.8 Å². The highest BCUT2D eigenvalue weighted by molar-refractivity contribution is 5.76. The molecule has 6 nitrogen and oxygen atoms in total. The van der Waals surface area contributed by atoms with Crippen LogP contribution in [0.3, 0.4) is 0 Å². The Bertz CT molecular complexity index is 593. The highest BCUT2D eigenvalue weighted by atomic mass is 16.5. The number of fused-ring (bicyclic) bond motifs is 1. The van der Waals surface area contributed by atoms with Crippen molar-refractivity contribution in [3.63, 3.8) is 0 Å². The predicted octanol–water partition coefficient (Wildman–Crippen LogP) is 1.62. The van der Waals surface area contributed by atoms with Crippen molar-refractivity contribution in [1.29, 1.82) is 0 Å². The summed E-state index contributed by atoms with van der Waals surface area (Å²) in [6.07, 6.45) is 3.74. The van der Waals surface area contributed by atoms with Crippen LogP contribution in [0.15, 0.2) is 18.2 Å². The van der Waals surface area contributed by atoms with Crippen LogP contribution in [-0.2, 0) is 16.0 Å². The maximum absolute atomic E-state index is 12.1. The van der Waals surface area contributed by atoms with Gasteiger partial charge in [-0.1, -0.05) is 6.07 Å². The van der Waals surface area contributed by atoms with Gasteiger partial charge in [-0.2, -0.15) is 0 Å². The Morgan fingerprint density at radius 2 is 2.16 bits per heavy atom. The molecule has 0 aromatic heterocycles. The fourth-order valence-corrected chi connectivity index (χ4v) is 3.62. The normalized spacial score (nSPS) is 23.1. The van der Waals surface area contributed by atoms with E-state index in [0.717, 1.165) is 25.3 Å². The third kappa shape index (κ3) is 4.64. The van der Waals surface area contributed by atoms with E-state index in [1.165, 1.54) is 12.8 Å². The van der Waals surface area contributed by atoms with Crippen molar-refractivity contribution < 1.29 is 19.0 Å². The molecule has 1 aromatic rings. The van der Waals surface area contributed by atoms with Crippen molar-refractivity contribution in [3.8, 4) is 11.5 Å². The molecule has 2 atom stereocenters. The lowest BCUT2D eigenvalue weighted by molar-refractivity contribution is -0.122. The van der Waals surface area contributed by atoms with E-state index >= 15 is 0 Å². The standard InChI is InChI=1S/C19H28N2O4/c1-23-17-7-5-14(10-18(17)24-2)6-8-19(22)20-11-16-12-21-9-3-4-15(21)13-25-16/h5,7,10,15-16H,3-4,6,8-9,11-13H2,1-2H3,(H,20,22)/t15-,16+/m0/s1. The summed E-state index contributed by atoms with van der Waals surface area (Å²) >= 11 is 0. The van der Waals surface area contributed by atoms with Crippen LogP contribution in [-0.4, -0.2) is 63.4 Å². The maximum atomic E-state index is 12.1. The SMILES string of the molecule is COc1ccc(CCC(=O)NC[C@@H]2CN3CCC[C@H]3CO2)cc1OC. The second-order valence-electron chi connectivity index (χ2n) is 6.74. The number of nitrogens with one attached hydrogen (secondary N) is 1. The minimum Gasteiger partial charge on any atom is -0.493 e. The van der Waals surface area contributed by atoms with Gasteiger partial charge in [-0.25, -0.2) is 0 Å². The molecule has 0 bridgehead atoms. The molecule has 1 amide bonds. The van der Waals surface area contributed by atoms with Gasteiger partial charge in [-0.15, -0.1) is 0 Å². The number of morpholine rings is 1. The molecule has 2 heterocycles. The van der Waals surface area contributed by atoms with Crippen molar-refractivity contribution in [1.82, 2.24) is 10.2 Å². The average Bonchev–Trinajstić information content (AvgIpc) is 3.12. The molecule has 0 saturated carbocycles. The maximum Gasteiger partial charge on any atom is 0.220 e. The lowest BCUT2D eigenvalue weighted by atomic mass is 10.1. The van der Waals surface area contributed by atoms with Crippen molar-refractivity contribution in [2.75, 3.05) is 40.5 Å². The van der Waals surface area contributed by atoms with Gasteiger partial charge in [0.25, 0.3) is 0 Å². The van der Waals surface area contributed by atoms with Crippen LogP contribution in [0.4, 0.5) is 0 Å². The zero-order valence-corrected chi connectivity index (χ0v) is 15.1. The van der Waals surface area contributed by atoms with Gasteiger partial charge in [-0.05, 0) is 43.5 Å². The second-order valence-corrected chi connectivity index (χ2v) is 6.74. The third-order valence-electron chi connectivity index (χ3n) is 5.08. The molecule has 1 N–H and O–H groups in total. The summed E-state index contributed by atoms with van der Waals surface area (Å²) in [6.45, 7) is 3.48.